The Morgan fingerprint density at radius 2 is 1.72 bits per heavy atom. The monoisotopic (exact) mass is 524 g/mol. The van der Waals surface area contributed by atoms with E-state index < -0.39 is 28.0 Å². The second-order valence-electron chi connectivity index (χ2n) is 9.68. The third-order valence-corrected chi connectivity index (χ3v) is 8.22. The van der Waals surface area contributed by atoms with Crippen LogP contribution in [-0.2, 0) is 27.7 Å². The maximum atomic E-state index is 13.5. The average Bonchev–Trinajstić information content (AvgIpc) is 3.34. The molecule has 0 radical (unpaired) electrons. The molecule has 3 heterocycles. The molecule has 2 fully saturated rings. The van der Waals surface area contributed by atoms with Crippen LogP contribution in [0.4, 0.5) is 18.9 Å². The van der Waals surface area contributed by atoms with Crippen LogP contribution in [0.1, 0.15) is 41.3 Å². The number of hydrogen-bond acceptors (Lipinski definition) is 6. The summed E-state index contributed by atoms with van der Waals surface area (Å²) in [6.45, 7) is 2.74. The minimum Gasteiger partial charge on any atom is -0.480 e. The highest BCUT2D eigenvalue weighted by Gasteiger charge is 2.40. The maximum Gasteiger partial charge on any atom is 0.425 e. The predicted molar refractivity (Wildman–Crippen MR) is 126 cm³/mol. The Hall–Kier alpha value is -2.79. The molecule has 0 saturated carbocycles. The number of halogens is 3. The van der Waals surface area contributed by atoms with E-state index in [1.54, 1.807) is 0 Å². The smallest absolute Gasteiger partial charge is 0.425 e. The van der Waals surface area contributed by atoms with E-state index in [0.717, 1.165) is 61.0 Å². The Labute approximate surface area is 207 Å². The van der Waals surface area contributed by atoms with Crippen LogP contribution in [-0.4, -0.2) is 63.1 Å². The molecule has 3 atom stereocenters. The minimum atomic E-state index is -4.64. The lowest BCUT2D eigenvalue weighted by Gasteiger charge is -2.36. The van der Waals surface area contributed by atoms with Crippen LogP contribution in [0.15, 0.2) is 41.3 Å². The van der Waals surface area contributed by atoms with E-state index in [1.165, 1.54) is 4.90 Å². The van der Waals surface area contributed by atoms with Crippen LogP contribution in [0.25, 0.3) is 0 Å². The highest BCUT2D eigenvalue weighted by molar-refractivity contribution is 7.90. The molecule has 5 rings (SSSR count). The highest BCUT2D eigenvalue weighted by Crippen LogP contribution is 2.37. The van der Waals surface area contributed by atoms with Crippen molar-refractivity contribution >= 4 is 21.4 Å². The number of benzene rings is 2. The molecule has 0 N–H and O–H groups in total. The average molecular weight is 525 g/mol. The van der Waals surface area contributed by atoms with Gasteiger partial charge in [-0.3, -0.25) is 4.79 Å². The zero-order valence-corrected chi connectivity index (χ0v) is 20.7. The first-order valence-corrected chi connectivity index (χ1v) is 13.7. The molecule has 0 spiro atoms. The van der Waals surface area contributed by atoms with Gasteiger partial charge < -0.3 is 19.3 Å². The number of ether oxygens (including phenoxy) is 2. The molecule has 2 aromatic carbocycles. The van der Waals surface area contributed by atoms with Crippen LogP contribution in [0.5, 0.6) is 5.75 Å². The van der Waals surface area contributed by atoms with Gasteiger partial charge in [-0.15, -0.1) is 0 Å². The fraction of sp³-hybridized carbons (Fsp3) is 0.480. The Balaban J connectivity index is 1.42. The molecule has 1 amide bonds. The minimum absolute atomic E-state index is 0.167. The molecule has 0 aromatic heterocycles. The number of amides is 1. The zero-order valence-electron chi connectivity index (χ0n) is 19.9. The summed E-state index contributed by atoms with van der Waals surface area (Å²) in [7, 11) is -3.70. The van der Waals surface area contributed by atoms with Crippen molar-refractivity contribution in [2.24, 2.45) is 0 Å². The van der Waals surface area contributed by atoms with Crippen molar-refractivity contribution in [3.63, 3.8) is 0 Å². The van der Waals surface area contributed by atoms with Crippen LogP contribution < -0.4 is 9.64 Å². The molecule has 0 aliphatic carbocycles. The number of carbonyl (C=O) groups is 1. The Morgan fingerprint density at radius 1 is 1.06 bits per heavy atom. The van der Waals surface area contributed by atoms with Crippen molar-refractivity contribution < 1.29 is 35.9 Å². The summed E-state index contributed by atoms with van der Waals surface area (Å²) in [6, 6.07) is 10.1. The maximum absolute atomic E-state index is 13.5. The van der Waals surface area contributed by atoms with Gasteiger partial charge in [0, 0.05) is 25.0 Å². The first-order chi connectivity index (χ1) is 16.9. The second kappa shape index (κ2) is 8.95. The van der Waals surface area contributed by atoms with Crippen LogP contribution in [0, 0.1) is 0 Å². The molecule has 194 valence electrons. The van der Waals surface area contributed by atoms with Crippen molar-refractivity contribution in [3.05, 3.63) is 53.1 Å². The lowest BCUT2D eigenvalue weighted by Crippen LogP contribution is -2.45. The van der Waals surface area contributed by atoms with Gasteiger partial charge in [0.05, 0.1) is 35.8 Å². The van der Waals surface area contributed by atoms with E-state index in [1.807, 2.05) is 12.1 Å². The Bertz CT molecular complexity index is 1280. The first kappa shape index (κ1) is 24.9. The van der Waals surface area contributed by atoms with Crippen molar-refractivity contribution in [1.29, 1.82) is 0 Å². The lowest BCUT2D eigenvalue weighted by molar-refractivity contribution is -0.189. The number of anilines is 1. The van der Waals surface area contributed by atoms with Crippen molar-refractivity contribution in [2.45, 2.75) is 62.1 Å². The van der Waals surface area contributed by atoms with Crippen LogP contribution in [0.2, 0.25) is 0 Å². The molecule has 3 aliphatic rings. The van der Waals surface area contributed by atoms with Crippen LogP contribution in [0.3, 0.4) is 0 Å². The van der Waals surface area contributed by atoms with E-state index in [0.29, 0.717) is 25.3 Å². The van der Waals surface area contributed by atoms with E-state index in [-0.39, 0.29) is 29.3 Å². The standard InChI is InChI=1S/C25H27F3N2O5S/c1-15(25(26,27)28)35-23-8-7-21(36(2,32)33)10-22(23)24(31)29-11-16-3-4-18(9-17(16)12-29)30-19-5-6-20(30)14-34-13-19/h3-4,7-10,15,19-20H,5-6,11-14H2,1-2H3/t15-,19?,20?/m0/s1. The largest absolute Gasteiger partial charge is 0.480 e. The third-order valence-electron chi connectivity index (χ3n) is 7.11. The molecule has 36 heavy (non-hydrogen) atoms. The highest BCUT2D eigenvalue weighted by atomic mass is 32.2. The van der Waals surface area contributed by atoms with Gasteiger partial charge in [-0.25, -0.2) is 8.42 Å². The third kappa shape index (κ3) is 4.66. The van der Waals surface area contributed by atoms with Gasteiger partial charge in [-0.1, -0.05) is 6.07 Å². The van der Waals surface area contributed by atoms with Crippen molar-refractivity contribution in [1.82, 2.24) is 4.90 Å². The zero-order chi connectivity index (χ0) is 25.8. The predicted octanol–water partition coefficient (Wildman–Crippen LogP) is 3.94. The van der Waals surface area contributed by atoms with Gasteiger partial charge in [0.1, 0.15) is 5.75 Å². The van der Waals surface area contributed by atoms with Crippen LogP contribution >= 0.6 is 0 Å². The number of rotatable bonds is 5. The molecule has 2 unspecified atom stereocenters. The Morgan fingerprint density at radius 3 is 2.36 bits per heavy atom. The number of sulfone groups is 1. The first-order valence-electron chi connectivity index (χ1n) is 11.8. The van der Waals surface area contributed by atoms with E-state index >= 15 is 0 Å². The number of alkyl halides is 3. The van der Waals surface area contributed by atoms with Crippen molar-refractivity contribution in [2.75, 3.05) is 24.4 Å². The second-order valence-corrected chi connectivity index (χ2v) is 11.7. The molecule has 2 saturated heterocycles. The molecule has 3 aliphatic heterocycles. The van der Waals surface area contributed by atoms with E-state index in [4.69, 9.17) is 9.47 Å². The molecule has 11 heteroatoms. The lowest BCUT2D eigenvalue weighted by atomic mass is 10.1. The normalized spacial score (nSPS) is 22.5. The number of morpholine rings is 1. The fourth-order valence-corrected chi connectivity index (χ4v) is 5.82. The summed E-state index contributed by atoms with van der Waals surface area (Å²) < 4.78 is 74.3. The quantitative estimate of drug-likeness (QED) is 0.590. The number of fused-ring (bicyclic) bond motifs is 3. The van der Waals surface area contributed by atoms with Gasteiger partial charge in [0.15, 0.2) is 15.9 Å². The number of carbonyl (C=O) groups excluding carboxylic acids is 1. The summed E-state index contributed by atoms with van der Waals surface area (Å²) >= 11 is 0. The summed E-state index contributed by atoms with van der Waals surface area (Å²) in [5, 5.41) is 0. The fourth-order valence-electron chi connectivity index (χ4n) is 5.17. The molecular weight excluding hydrogens is 497 g/mol. The summed E-state index contributed by atoms with van der Waals surface area (Å²) in [6.07, 6.45) is -3.70. The summed E-state index contributed by atoms with van der Waals surface area (Å²) in [4.78, 5) is 17.2. The van der Waals surface area contributed by atoms with E-state index in [9.17, 15) is 26.4 Å². The van der Waals surface area contributed by atoms with E-state index in [2.05, 4.69) is 11.0 Å². The summed E-state index contributed by atoms with van der Waals surface area (Å²) in [5.41, 5.74) is 2.75. The van der Waals surface area contributed by atoms with Crippen molar-refractivity contribution in [3.8, 4) is 5.75 Å². The number of hydrogen-bond donors (Lipinski definition) is 0. The molecule has 7 nitrogen and oxygen atoms in total. The topological polar surface area (TPSA) is 76.2 Å². The van der Waals surface area contributed by atoms with Gasteiger partial charge >= 0.3 is 6.18 Å². The number of nitrogens with zero attached hydrogens (tertiary/aromatic N) is 2. The van der Waals surface area contributed by atoms with Gasteiger partial charge in [0.2, 0.25) is 0 Å². The molecule has 2 bridgehead atoms. The SMILES string of the molecule is C[C@H](Oc1ccc(S(C)(=O)=O)cc1C(=O)N1Cc2ccc(N3C4CCC3COC4)cc2C1)C(F)(F)F. The molecule has 2 aromatic rings. The van der Waals surface area contributed by atoms with Gasteiger partial charge in [-0.05, 0) is 61.2 Å². The Kier molecular flexibility index (Phi) is 6.19. The molecular formula is C25H27F3N2O5S. The summed E-state index contributed by atoms with van der Waals surface area (Å²) in [5.74, 6) is -0.896. The van der Waals surface area contributed by atoms with Gasteiger partial charge in [0.25, 0.3) is 5.91 Å². The van der Waals surface area contributed by atoms with Gasteiger partial charge in [-0.2, -0.15) is 13.2 Å².